The molecule has 0 saturated heterocycles. The summed E-state index contributed by atoms with van der Waals surface area (Å²) in [5, 5.41) is 0. The lowest BCUT2D eigenvalue weighted by Crippen LogP contribution is -2.44. The van der Waals surface area contributed by atoms with Gasteiger partial charge in [-0.3, -0.25) is 0 Å². The van der Waals surface area contributed by atoms with Crippen molar-refractivity contribution in [3.05, 3.63) is 0 Å². The van der Waals surface area contributed by atoms with Crippen molar-refractivity contribution in [2.24, 2.45) is 23.5 Å². The molecule has 3 atom stereocenters. The van der Waals surface area contributed by atoms with E-state index < -0.39 is 0 Å². The topological polar surface area (TPSA) is 26.0 Å². The van der Waals surface area contributed by atoms with E-state index >= 15 is 0 Å². The molecule has 1 nitrogen and oxygen atoms in total. The van der Waals surface area contributed by atoms with Crippen molar-refractivity contribution in [2.45, 2.75) is 58.9 Å². The SMILES string of the molecule is CC(C)CC(C)C1(N)CCC(C)C1. The van der Waals surface area contributed by atoms with E-state index in [1.54, 1.807) is 0 Å². The molecule has 0 aromatic carbocycles. The lowest BCUT2D eigenvalue weighted by molar-refractivity contribution is 0.250. The maximum atomic E-state index is 6.44. The monoisotopic (exact) mass is 183 g/mol. The van der Waals surface area contributed by atoms with Gasteiger partial charge in [0, 0.05) is 5.54 Å². The van der Waals surface area contributed by atoms with Crippen molar-refractivity contribution in [1.82, 2.24) is 0 Å². The van der Waals surface area contributed by atoms with Crippen LogP contribution < -0.4 is 5.73 Å². The van der Waals surface area contributed by atoms with E-state index in [2.05, 4.69) is 27.7 Å². The van der Waals surface area contributed by atoms with Crippen LogP contribution in [-0.4, -0.2) is 5.54 Å². The molecule has 0 spiro atoms. The Balaban J connectivity index is 2.49. The minimum atomic E-state index is 0.156. The third-order valence-electron chi connectivity index (χ3n) is 3.64. The standard InChI is InChI=1S/C12H25N/c1-9(2)7-11(4)12(13)6-5-10(3)8-12/h9-11H,5-8,13H2,1-4H3. The summed E-state index contributed by atoms with van der Waals surface area (Å²) < 4.78 is 0. The van der Waals surface area contributed by atoms with Gasteiger partial charge in [-0.25, -0.2) is 0 Å². The molecule has 1 heteroatoms. The Morgan fingerprint density at radius 2 is 2.00 bits per heavy atom. The Bertz CT molecular complexity index is 165. The highest BCUT2D eigenvalue weighted by atomic mass is 14.8. The highest BCUT2D eigenvalue weighted by Gasteiger charge is 2.38. The summed E-state index contributed by atoms with van der Waals surface area (Å²) in [6.07, 6.45) is 5.09. The van der Waals surface area contributed by atoms with E-state index in [-0.39, 0.29) is 5.54 Å². The van der Waals surface area contributed by atoms with Crippen molar-refractivity contribution < 1.29 is 0 Å². The van der Waals surface area contributed by atoms with Crippen molar-refractivity contribution in [1.29, 1.82) is 0 Å². The molecule has 3 unspecified atom stereocenters. The first-order valence-corrected chi connectivity index (χ1v) is 5.73. The molecule has 0 heterocycles. The van der Waals surface area contributed by atoms with Gasteiger partial charge in [0.25, 0.3) is 0 Å². The molecule has 1 aliphatic carbocycles. The predicted molar refractivity (Wildman–Crippen MR) is 58.6 cm³/mol. The summed E-state index contributed by atoms with van der Waals surface area (Å²) in [6.45, 7) is 9.24. The van der Waals surface area contributed by atoms with E-state index in [0.29, 0.717) is 5.92 Å². The highest BCUT2D eigenvalue weighted by Crippen LogP contribution is 2.39. The summed E-state index contributed by atoms with van der Waals surface area (Å²) in [6, 6.07) is 0. The van der Waals surface area contributed by atoms with E-state index in [0.717, 1.165) is 11.8 Å². The predicted octanol–water partition coefficient (Wildman–Crippen LogP) is 3.19. The van der Waals surface area contributed by atoms with Crippen molar-refractivity contribution in [3.63, 3.8) is 0 Å². The summed E-state index contributed by atoms with van der Waals surface area (Å²) in [7, 11) is 0. The zero-order valence-electron chi connectivity index (χ0n) is 9.64. The molecule has 13 heavy (non-hydrogen) atoms. The molecule has 2 N–H and O–H groups in total. The van der Waals surface area contributed by atoms with Crippen LogP contribution in [-0.2, 0) is 0 Å². The van der Waals surface area contributed by atoms with Gasteiger partial charge in [-0.15, -0.1) is 0 Å². The fourth-order valence-corrected chi connectivity index (χ4v) is 2.76. The van der Waals surface area contributed by atoms with Crippen LogP contribution in [0.3, 0.4) is 0 Å². The molecule has 1 rings (SSSR count). The third kappa shape index (κ3) is 2.70. The molecule has 0 aromatic rings. The van der Waals surface area contributed by atoms with E-state index in [4.69, 9.17) is 5.73 Å². The lowest BCUT2D eigenvalue weighted by Gasteiger charge is -2.32. The molecule has 1 saturated carbocycles. The molecule has 0 bridgehead atoms. The fourth-order valence-electron chi connectivity index (χ4n) is 2.76. The van der Waals surface area contributed by atoms with Crippen LogP contribution in [0, 0.1) is 17.8 Å². The third-order valence-corrected chi connectivity index (χ3v) is 3.64. The van der Waals surface area contributed by atoms with Gasteiger partial charge in [-0.05, 0) is 43.4 Å². The fraction of sp³-hybridized carbons (Fsp3) is 1.00. The van der Waals surface area contributed by atoms with E-state index in [1.807, 2.05) is 0 Å². The second-order valence-corrected chi connectivity index (χ2v) is 5.61. The molecule has 1 aliphatic rings. The Morgan fingerprint density at radius 1 is 1.38 bits per heavy atom. The summed E-state index contributed by atoms with van der Waals surface area (Å²) >= 11 is 0. The molecule has 78 valence electrons. The molecule has 0 radical (unpaired) electrons. The maximum Gasteiger partial charge on any atom is 0.0182 e. The summed E-state index contributed by atoms with van der Waals surface area (Å²) in [4.78, 5) is 0. The first kappa shape index (κ1) is 11.0. The highest BCUT2D eigenvalue weighted by molar-refractivity contribution is 4.95. The zero-order chi connectivity index (χ0) is 10.1. The Labute approximate surface area is 83.1 Å². The maximum absolute atomic E-state index is 6.44. The van der Waals surface area contributed by atoms with Crippen LogP contribution >= 0.6 is 0 Å². The number of rotatable bonds is 3. The average molecular weight is 183 g/mol. The first-order chi connectivity index (χ1) is 5.94. The Morgan fingerprint density at radius 3 is 2.38 bits per heavy atom. The largest absolute Gasteiger partial charge is 0.325 e. The number of nitrogens with two attached hydrogens (primary N) is 1. The first-order valence-electron chi connectivity index (χ1n) is 5.73. The van der Waals surface area contributed by atoms with Crippen LogP contribution in [0.25, 0.3) is 0 Å². The molecule has 1 fully saturated rings. The second kappa shape index (κ2) is 4.00. The van der Waals surface area contributed by atoms with E-state index in [1.165, 1.54) is 25.7 Å². The summed E-state index contributed by atoms with van der Waals surface area (Å²) in [5.41, 5.74) is 6.60. The van der Waals surface area contributed by atoms with Gasteiger partial charge in [0.15, 0.2) is 0 Å². The van der Waals surface area contributed by atoms with Crippen molar-refractivity contribution >= 4 is 0 Å². The van der Waals surface area contributed by atoms with Crippen LogP contribution in [0.15, 0.2) is 0 Å². The number of hydrogen-bond acceptors (Lipinski definition) is 1. The van der Waals surface area contributed by atoms with Crippen LogP contribution in [0.2, 0.25) is 0 Å². The minimum absolute atomic E-state index is 0.156. The van der Waals surface area contributed by atoms with Gasteiger partial charge in [-0.2, -0.15) is 0 Å². The van der Waals surface area contributed by atoms with Crippen LogP contribution in [0.1, 0.15) is 53.4 Å². The van der Waals surface area contributed by atoms with Gasteiger partial charge in [-0.1, -0.05) is 27.7 Å². The molecular weight excluding hydrogens is 158 g/mol. The van der Waals surface area contributed by atoms with Gasteiger partial charge < -0.3 is 5.73 Å². The normalized spacial score (nSPS) is 36.9. The van der Waals surface area contributed by atoms with E-state index in [9.17, 15) is 0 Å². The van der Waals surface area contributed by atoms with Gasteiger partial charge in [0.2, 0.25) is 0 Å². The van der Waals surface area contributed by atoms with Gasteiger partial charge in [0.05, 0.1) is 0 Å². The van der Waals surface area contributed by atoms with Crippen LogP contribution in [0.4, 0.5) is 0 Å². The molecule has 0 aliphatic heterocycles. The minimum Gasteiger partial charge on any atom is -0.325 e. The number of hydrogen-bond donors (Lipinski definition) is 1. The quantitative estimate of drug-likeness (QED) is 0.714. The molecule has 0 amide bonds. The zero-order valence-corrected chi connectivity index (χ0v) is 9.64. The Hall–Kier alpha value is -0.0400. The van der Waals surface area contributed by atoms with Crippen molar-refractivity contribution in [3.8, 4) is 0 Å². The Kier molecular flexibility index (Phi) is 3.39. The smallest absolute Gasteiger partial charge is 0.0182 e. The lowest BCUT2D eigenvalue weighted by atomic mass is 9.79. The average Bonchev–Trinajstić information content (AvgIpc) is 2.31. The van der Waals surface area contributed by atoms with Gasteiger partial charge >= 0.3 is 0 Å². The van der Waals surface area contributed by atoms with Crippen LogP contribution in [0.5, 0.6) is 0 Å². The molecular formula is C12H25N. The molecule has 0 aromatic heterocycles. The summed E-state index contributed by atoms with van der Waals surface area (Å²) in [5.74, 6) is 2.32. The van der Waals surface area contributed by atoms with Crippen molar-refractivity contribution in [2.75, 3.05) is 0 Å². The van der Waals surface area contributed by atoms with Gasteiger partial charge in [0.1, 0.15) is 0 Å². The second-order valence-electron chi connectivity index (χ2n) is 5.61.